The summed E-state index contributed by atoms with van der Waals surface area (Å²) in [6, 6.07) is 0. The van der Waals surface area contributed by atoms with Crippen molar-refractivity contribution in [1.29, 1.82) is 0 Å². The summed E-state index contributed by atoms with van der Waals surface area (Å²) in [6.07, 6.45) is 0. The van der Waals surface area contributed by atoms with Gasteiger partial charge in [-0.15, -0.1) is 11.6 Å². The molecule has 1 atom stereocenters. The molecule has 0 aromatic rings. The van der Waals surface area contributed by atoms with Gasteiger partial charge in [0, 0.05) is 15.2 Å². The van der Waals surface area contributed by atoms with Crippen LogP contribution in [0.5, 0.6) is 0 Å². The van der Waals surface area contributed by atoms with Crippen LogP contribution < -0.4 is 0 Å². The first-order valence-electron chi connectivity index (χ1n) is 2.58. The van der Waals surface area contributed by atoms with E-state index in [0.29, 0.717) is 10.4 Å². The summed E-state index contributed by atoms with van der Waals surface area (Å²) in [5, 5.41) is 0.410. The maximum Gasteiger partial charge on any atom is 0.0261 e. The fourth-order valence-corrected chi connectivity index (χ4v) is 0. The summed E-state index contributed by atoms with van der Waals surface area (Å²) >= 11 is 5.82. The van der Waals surface area contributed by atoms with Gasteiger partial charge in [0.15, 0.2) is 0 Å². The Balaban J connectivity index is 3.54. The minimum Gasteiger partial charge on any atom is -0.127 e. The van der Waals surface area contributed by atoms with Gasteiger partial charge in [-0.05, 0) is 5.41 Å². The van der Waals surface area contributed by atoms with Gasteiger partial charge in [0.2, 0.25) is 0 Å². The number of rotatable bonds is 0. The molecular formula is C5H13ClSi. The van der Waals surface area contributed by atoms with Gasteiger partial charge >= 0.3 is 0 Å². The molecule has 7 heavy (non-hydrogen) atoms. The summed E-state index contributed by atoms with van der Waals surface area (Å²) in [4.78, 5) is 0. The quantitative estimate of drug-likeness (QED) is 0.344. The van der Waals surface area contributed by atoms with Crippen molar-refractivity contribution in [1.82, 2.24) is 0 Å². The molecule has 0 aromatic heterocycles. The van der Waals surface area contributed by atoms with Crippen LogP contribution in [0.25, 0.3) is 0 Å². The van der Waals surface area contributed by atoms with Crippen LogP contribution in [0.1, 0.15) is 20.8 Å². The Morgan fingerprint density at radius 3 is 1.57 bits per heavy atom. The predicted octanol–water partition coefficient (Wildman–Crippen LogP) is 0.963. The number of hydrogen-bond acceptors (Lipinski definition) is 0. The van der Waals surface area contributed by atoms with Crippen LogP contribution in [0.2, 0.25) is 0 Å². The van der Waals surface area contributed by atoms with Crippen molar-refractivity contribution in [3.63, 3.8) is 0 Å². The lowest BCUT2D eigenvalue weighted by Crippen LogP contribution is -2.19. The van der Waals surface area contributed by atoms with Crippen LogP contribution >= 0.6 is 11.6 Å². The van der Waals surface area contributed by atoms with E-state index in [9.17, 15) is 0 Å². The zero-order valence-electron chi connectivity index (χ0n) is 5.46. The molecule has 0 amide bonds. The van der Waals surface area contributed by atoms with Gasteiger partial charge in [0.05, 0.1) is 0 Å². The molecule has 2 heteroatoms. The maximum absolute atomic E-state index is 5.82. The lowest BCUT2D eigenvalue weighted by molar-refractivity contribution is 0.450. The van der Waals surface area contributed by atoms with Crippen LogP contribution in [0.15, 0.2) is 0 Å². The Hall–Kier alpha value is 0.507. The highest BCUT2D eigenvalue weighted by molar-refractivity contribution is 6.40. The molecule has 0 spiro atoms. The van der Waals surface area contributed by atoms with Gasteiger partial charge < -0.3 is 0 Å². The van der Waals surface area contributed by atoms with Crippen LogP contribution in [0.3, 0.4) is 0 Å². The zero-order valence-corrected chi connectivity index (χ0v) is 8.21. The molecule has 0 fully saturated rings. The first-order chi connectivity index (χ1) is 2.94. The third kappa shape index (κ3) is 3.12. The van der Waals surface area contributed by atoms with Gasteiger partial charge in [-0.3, -0.25) is 0 Å². The second-order valence-corrected chi connectivity index (χ2v) is 5.52. The van der Waals surface area contributed by atoms with E-state index in [1.807, 2.05) is 0 Å². The summed E-state index contributed by atoms with van der Waals surface area (Å²) in [6.45, 7) is 6.49. The monoisotopic (exact) mass is 136 g/mol. The molecule has 0 heterocycles. The number of alkyl halides is 1. The standard InChI is InChI=1S/C5H13ClSi/c1-5(2,3)4(6)7/h4H,1-3,7H3. The van der Waals surface area contributed by atoms with Crippen molar-refractivity contribution >= 4 is 21.8 Å². The highest BCUT2D eigenvalue weighted by Crippen LogP contribution is 2.20. The smallest absolute Gasteiger partial charge is 0.0261 e. The summed E-state index contributed by atoms with van der Waals surface area (Å²) in [5.74, 6) is 0. The van der Waals surface area contributed by atoms with Crippen LogP contribution in [-0.4, -0.2) is 15.2 Å². The molecule has 0 aromatic carbocycles. The first kappa shape index (κ1) is 7.51. The Kier molecular flexibility index (Phi) is 2.34. The fraction of sp³-hybridized carbons (Fsp3) is 1.00. The van der Waals surface area contributed by atoms with E-state index >= 15 is 0 Å². The Morgan fingerprint density at radius 2 is 1.57 bits per heavy atom. The average Bonchev–Trinajstić information content (AvgIpc) is 1.31. The molecule has 0 N–H and O–H groups in total. The van der Waals surface area contributed by atoms with Gasteiger partial charge in [0.1, 0.15) is 0 Å². The van der Waals surface area contributed by atoms with Crippen molar-refractivity contribution in [2.75, 3.05) is 0 Å². The molecule has 44 valence electrons. The molecule has 0 radical (unpaired) electrons. The Morgan fingerprint density at radius 1 is 1.43 bits per heavy atom. The van der Waals surface area contributed by atoms with Crippen molar-refractivity contribution < 1.29 is 0 Å². The van der Waals surface area contributed by atoms with E-state index in [1.165, 1.54) is 0 Å². The molecule has 0 saturated carbocycles. The minimum absolute atomic E-state index is 0.327. The van der Waals surface area contributed by atoms with Gasteiger partial charge in [-0.25, -0.2) is 0 Å². The molecule has 0 aliphatic rings. The van der Waals surface area contributed by atoms with Gasteiger partial charge in [-0.1, -0.05) is 20.8 Å². The van der Waals surface area contributed by atoms with E-state index in [1.54, 1.807) is 0 Å². The van der Waals surface area contributed by atoms with Crippen LogP contribution in [0, 0.1) is 5.41 Å². The van der Waals surface area contributed by atoms with E-state index in [4.69, 9.17) is 11.6 Å². The summed E-state index contributed by atoms with van der Waals surface area (Å²) in [7, 11) is 1.09. The number of hydrogen-bond donors (Lipinski definition) is 0. The lowest BCUT2D eigenvalue weighted by Gasteiger charge is -2.20. The zero-order chi connectivity index (χ0) is 6.08. The van der Waals surface area contributed by atoms with E-state index in [2.05, 4.69) is 20.8 Å². The van der Waals surface area contributed by atoms with Crippen molar-refractivity contribution in [2.45, 2.75) is 25.8 Å². The van der Waals surface area contributed by atoms with Crippen LogP contribution in [-0.2, 0) is 0 Å². The van der Waals surface area contributed by atoms with Crippen LogP contribution in [0.4, 0.5) is 0 Å². The van der Waals surface area contributed by atoms with Crippen molar-refractivity contribution in [3.05, 3.63) is 0 Å². The minimum atomic E-state index is 0.327. The molecule has 0 aliphatic heterocycles. The molecule has 0 rings (SSSR count). The summed E-state index contributed by atoms with van der Waals surface area (Å²) < 4.78 is 0. The predicted molar refractivity (Wildman–Crippen MR) is 39.0 cm³/mol. The third-order valence-electron chi connectivity index (χ3n) is 1.19. The lowest BCUT2D eigenvalue weighted by atomic mass is 10.0. The van der Waals surface area contributed by atoms with Crippen molar-refractivity contribution in [3.8, 4) is 0 Å². The first-order valence-corrected chi connectivity index (χ1v) is 4.18. The van der Waals surface area contributed by atoms with E-state index in [-0.39, 0.29) is 0 Å². The largest absolute Gasteiger partial charge is 0.127 e. The van der Waals surface area contributed by atoms with Gasteiger partial charge in [0.25, 0.3) is 0 Å². The normalized spacial score (nSPS) is 17.1. The average molecular weight is 137 g/mol. The fourth-order valence-electron chi connectivity index (χ4n) is 0. The molecule has 1 unspecified atom stereocenters. The molecule has 0 bridgehead atoms. The Bertz CT molecular complexity index is 53.6. The molecule has 0 saturated heterocycles. The summed E-state index contributed by atoms with van der Waals surface area (Å²) in [5.41, 5.74) is 0.327. The topological polar surface area (TPSA) is 0 Å². The second-order valence-electron chi connectivity index (χ2n) is 2.98. The highest BCUT2D eigenvalue weighted by Gasteiger charge is 2.15. The molecular weight excluding hydrogens is 124 g/mol. The van der Waals surface area contributed by atoms with E-state index < -0.39 is 0 Å². The van der Waals surface area contributed by atoms with Crippen molar-refractivity contribution in [2.24, 2.45) is 5.41 Å². The maximum atomic E-state index is 5.82. The van der Waals surface area contributed by atoms with Gasteiger partial charge in [-0.2, -0.15) is 0 Å². The second kappa shape index (κ2) is 2.18. The molecule has 0 aliphatic carbocycles. The molecule has 0 nitrogen and oxygen atoms in total. The van der Waals surface area contributed by atoms with E-state index in [0.717, 1.165) is 10.2 Å². The number of halogens is 1. The highest BCUT2D eigenvalue weighted by atomic mass is 35.5. The SMILES string of the molecule is CC(C)(C)C([SiH3])Cl. The Labute approximate surface area is 53.7 Å². The third-order valence-corrected chi connectivity index (χ3v) is 3.58.